The lowest BCUT2D eigenvalue weighted by molar-refractivity contribution is 0.172. The third-order valence-corrected chi connectivity index (χ3v) is 4.59. The zero-order chi connectivity index (χ0) is 18.9. The van der Waals surface area contributed by atoms with Gasteiger partial charge in [0.1, 0.15) is 13.2 Å². The molecule has 0 aliphatic carbocycles. The molecule has 3 aromatic carbocycles. The van der Waals surface area contributed by atoms with Gasteiger partial charge in [0.15, 0.2) is 16.6 Å². The zero-order valence-electron chi connectivity index (χ0n) is 14.8. The van der Waals surface area contributed by atoms with Crippen molar-refractivity contribution in [1.29, 1.82) is 0 Å². The van der Waals surface area contributed by atoms with Crippen molar-refractivity contribution in [3.05, 3.63) is 60.7 Å². The molecule has 4 aromatic rings. The molecule has 2 heterocycles. The Hall–Kier alpha value is -3.45. The molecule has 6 nitrogen and oxygen atoms in total. The summed E-state index contributed by atoms with van der Waals surface area (Å²) < 4.78 is 11.3. The maximum atomic E-state index is 5.65. The molecule has 0 unspecified atom stereocenters. The van der Waals surface area contributed by atoms with Crippen molar-refractivity contribution < 1.29 is 9.47 Å². The monoisotopic (exact) mass is 388 g/mol. The molecule has 0 bridgehead atoms. The predicted octanol–water partition coefficient (Wildman–Crippen LogP) is 4.36. The second-order valence-electron chi connectivity index (χ2n) is 6.36. The zero-order valence-corrected chi connectivity index (χ0v) is 15.6. The summed E-state index contributed by atoms with van der Waals surface area (Å²) in [4.78, 5) is 9.44. The minimum Gasteiger partial charge on any atom is -0.486 e. The molecule has 2 N–H and O–H groups in total. The van der Waals surface area contributed by atoms with Gasteiger partial charge in [-0.05, 0) is 42.5 Å². The van der Waals surface area contributed by atoms with Gasteiger partial charge in [-0.3, -0.25) is 0 Å². The number of hydrogen-bond donors (Lipinski definition) is 2. The van der Waals surface area contributed by atoms with E-state index >= 15 is 0 Å². The van der Waals surface area contributed by atoms with E-state index in [0.717, 1.165) is 33.4 Å². The predicted molar refractivity (Wildman–Crippen MR) is 114 cm³/mol. The van der Waals surface area contributed by atoms with Gasteiger partial charge in [0.05, 0.1) is 22.1 Å². The molecule has 0 amide bonds. The number of nitrogens with one attached hydrogen (secondary N) is 2. The number of anilines is 2. The lowest BCUT2D eigenvalue weighted by Crippen LogP contribution is -2.18. The summed E-state index contributed by atoms with van der Waals surface area (Å²) in [5, 5.41) is 6.86. The van der Waals surface area contributed by atoms with Gasteiger partial charge < -0.3 is 20.1 Å². The van der Waals surface area contributed by atoms with Gasteiger partial charge in [0.25, 0.3) is 0 Å². The molecule has 0 spiro atoms. The largest absolute Gasteiger partial charge is 0.486 e. The van der Waals surface area contributed by atoms with Gasteiger partial charge in [0, 0.05) is 23.5 Å². The fraction of sp³-hybridized carbons (Fsp3) is 0.0952. The summed E-state index contributed by atoms with van der Waals surface area (Å²) in [6.45, 7) is 1.09. The van der Waals surface area contributed by atoms with Crippen molar-refractivity contribution in [3.63, 3.8) is 0 Å². The SMILES string of the molecule is S=C(Nc1ccccc1)Nc1ccc2nc3cc4c(cc3nc2c1)OCCO4. The molecule has 138 valence electrons. The first-order valence-electron chi connectivity index (χ1n) is 8.89. The standard InChI is InChI=1S/C21H16N4O2S/c28-21(22-13-4-2-1-3-5-13)23-14-6-7-15-16(10-14)25-18-12-20-19(11-17(18)24-15)26-8-9-27-20/h1-7,10-12H,8-9H2,(H2,22,23,28). The minimum atomic E-state index is 0.513. The van der Waals surface area contributed by atoms with Gasteiger partial charge in [-0.25, -0.2) is 9.97 Å². The van der Waals surface area contributed by atoms with Crippen LogP contribution in [-0.4, -0.2) is 28.3 Å². The molecule has 28 heavy (non-hydrogen) atoms. The van der Waals surface area contributed by atoms with Crippen LogP contribution < -0.4 is 20.1 Å². The van der Waals surface area contributed by atoms with E-state index < -0.39 is 0 Å². The highest BCUT2D eigenvalue weighted by Gasteiger charge is 2.14. The van der Waals surface area contributed by atoms with Crippen molar-refractivity contribution >= 4 is 50.8 Å². The molecule has 1 aromatic heterocycles. The number of hydrogen-bond acceptors (Lipinski definition) is 5. The van der Waals surface area contributed by atoms with E-state index in [-0.39, 0.29) is 0 Å². The van der Waals surface area contributed by atoms with Crippen molar-refractivity contribution in [1.82, 2.24) is 9.97 Å². The maximum absolute atomic E-state index is 5.65. The highest BCUT2D eigenvalue weighted by atomic mass is 32.1. The average Bonchev–Trinajstić information content (AvgIpc) is 2.71. The third-order valence-electron chi connectivity index (χ3n) is 4.39. The Balaban J connectivity index is 1.44. The second kappa shape index (κ2) is 6.94. The number of thiocarbonyl (C=S) groups is 1. The molecule has 0 saturated heterocycles. The fourth-order valence-electron chi connectivity index (χ4n) is 3.11. The van der Waals surface area contributed by atoms with Crippen LogP contribution in [-0.2, 0) is 0 Å². The summed E-state index contributed by atoms with van der Waals surface area (Å²) >= 11 is 5.40. The van der Waals surface area contributed by atoms with Crippen LogP contribution in [0.3, 0.4) is 0 Å². The number of para-hydroxylation sites is 1. The first-order chi connectivity index (χ1) is 13.7. The van der Waals surface area contributed by atoms with Crippen molar-refractivity contribution in [2.45, 2.75) is 0 Å². The molecular weight excluding hydrogens is 372 g/mol. The number of aromatic nitrogens is 2. The molecular formula is C21H16N4O2S. The van der Waals surface area contributed by atoms with Crippen LogP contribution in [0.2, 0.25) is 0 Å². The second-order valence-corrected chi connectivity index (χ2v) is 6.77. The molecule has 0 atom stereocenters. The number of rotatable bonds is 2. The van der Waals surface area contributed by atoms with E-state index in [1.165, 1.54) is 0 Å². The molecule has 5 rings (SSSR count). The first kappa shape index (κ1) is 16.7. The van der Waals surface area contributed by atoms with E-state index in [9.17, 15) is 0 Å². The third kappa shape index (κ3) is 3.27. The van der Waals surface area contributed by atoms with Gasteiger partial charge in [-0.1, -0.05) is 18.2 Å². The van der Waals surface area contributed by atoms with Gasteiger partial charge in [-0.2, -0.15) is 0 Å². The highest BCUT2D eigenvalue weighted by molar-refractivity contribution is 7.80. The Morgan fingerprint density at radius 1 is 0.714 bits per heavy atom. The Labute approximate surface area is 166 Å². The lowest BCUT2D eigenvalue weighted by atomic mass is 10.2. The number of fused-ring (bicyclic) bond motifs is 3. The maximum Gasteiger partial charge on any atom is 0.175 e. The number of benzene rings is 3. The van der Waals surface area contributed by atoms with Gasteiger partial charge >= 0.3 is 0 Å². The van der Waals surface area contributed by atoms with Crippen LogP contribution in [0.15, 0.2) is 60.7 Å². The fourth-order valence-corrected chi connectivity index (χ4v) is 3.34. The van der Waals surface area contributed by atoms with E-state index in [4.69, 9.17) is 31.7 Å². The van der Waals surface area contributed by atoms with Crippen molar-refractivity contribution in [3.8, 4) is 11.5 Å². The quantitative estimate of drug-likeness (QED) is 0.390. The Bertz CT molecular complexity index is 1200. The van der Waals surface area contributed by atoms with E-state index in [1.807, 2.05) is 60.7 Å². The van der Waals surface area contributed by atoms with E-state index in [0.29, 0.717) is 29.8 Å². The van der Waals surface area contributed by atoms with Crippen LogP contribution in [0.4, 0.5) is 11.4 Å². The Kier molecular flexibility index (Phi) is 4.14. The summed E-state index contributed by atoms with van der Waals surface area (Å²) in [5.74, 6) is 1.41. The molecule has 0 saturated carbocycles. The van der Waals surface area contributed by atoms with Crippen LogP contribution in [0, 0.1) is 0 Å². The Morgan fingerprint density at radius 2 is 1.32 bits per heavy atom. The average molecular weight is 388 g/mol. The molecule has 1 aliphatic rings. The summed E-state index contributed by atoms with van der Waals surface area (Å²) in [6, 6.07) is 19.3. The number of nitrogens with zero attached hydrogens (tertiary/aromatic N) is 2. The molecule has 1 aliphatic heterocycles. The van der Waals surface area contributed by atoms with Crippen molar-refractivity contribution in [2.24, 2.45) is 0 Å². The number of ether oxygens (including phenoxy) is 2. The van der Waals surface area contributed by atoms with Crippen LogP contribution in [0.1, 0.15) is 0 Å². The van der Waals surface area contributed by atoms with Gasteiger partial charge in [-0.15, -0.1) is 0 Å². The summed E-state index contributed by atoms with van der Waals surface area (Å²) in [7, 11) is 0. The molecule has 0 radical (unpaired) electrons. The summed E-state index contributed by atoms with van der Waals surface area (Å²) in [6.07, 6.45) is 0. The van der Waals surface area contributed by atoms with E-state index in [2.05, 4.69) is 10.6 Å². The van der Waals surface area contributed by atoms with Crippen molar-refractivity contribution in [2.75, 3.05) is 23.8 Å². The van der Waals surface area contributed by atoms with Crippen LogP contribution >= 0.6 is 12.2 Å². The topological polar surface area (TPSA) is 68.3 Å². The lowest BCUT2D eigenvalue weighted by Gasteiger charge is -2.18. The van der Waals surface area contributed by atoms with Crippen LogP contribution in [0.5, 0.6) is 11.5 Å². The van der Waals surface area contributed by atoms with Crippen LogP contribution in [0.25, 0.3) is 22.1 Å². The smallest absolute Gasteiger partial charge is 0.175 e. The molecule has 7 heteroatoms. The molecule has 0 fully saturated rings. The Morgan fingerprint density at radius 3 is 2.04 bits per heavy atom. The normalized spacial score (nSPS) is 12.7. The highest BCUT2D eigenvalue weighted by Crippen LogP contribution is 2.34. The first-order valence-corrected chi connectivity index (χ1v) is 9.30. The van der Waals surface area contributed by atoms with E-state index in [1.54, 1.807) is 0 Å². The minimum absolute atomic E-state index is 0.513. The van der Waals surface area contributed by atoms with Gasteiger partial charge in [0.2, 0.25) is 0 Å². The summed E-state index contributed by atoms with van der Waals surface area (Å²) in [5.41, 5.74) is 4.89.